The fourth-order valence-electron chi connectivity index (χ4n) is 2.64. The SMILES string of the molecule is C[C@@H]1C[C@H](C)CN(C[C@H](O)COC(C)(C)C)C1. The summed E-state index contributed by atoms with van der Waals surface area (Å²) in [6, 6.07) is 0. The number of hydrogen-bond acceptors (Lipinski definition) is 3. The van der Waals surface area contributed by atoms with Crippen molar-refractivity contribution in [2.45, 2.75) is 52.7 Å². The predicted octanol–water partition coefficient (Wildman–Crippen LogP) is 2.14. The second kappa shape index (κ2) is 6.17. The highest BCUT2D eigenvalue weighted by molar-refractivity contribution is 4.76. The number of likely N-dealkylation sites (tertiary alicyclic amines) is 1. The van der Waals surface area contributed by atoms with Gasteiger partial charge < -0.3 is 14.7 Å². The molecule has 17 heavy (non-hydrogen) atoms. The lowest BCUT2D eigenvalue weighted by Crippen LogP contribution is -2.44. The van der Waals surface area contributed by atoms with Gasteiger partial charge in [-0.1, -0.05) is 13.8 Å². The Morgan fingerprint density at radius 3 is 2.24 bits per heavy atom. The normalized spacial score (nSPS) is 29.3. The third-order valence-electron chi connectivity index (χ3n) is 3.12. The summed E-state index contributed by atoms with van der Waals surface area (Å²) in [6.45, 7) is 14.0. The van der Waals surface area contributed by atoms with Crippen LogP contribution in [0.5, 0.6) is 0 Å². The minimum atomic E-state index is -0.369. The van der Waals surface area contributed by atoms with Crippen LogP contribution in [-0.4, -0.2) is 48.0 Å². The number of aliphatic hydroxyl groups excluding tert-OH is 1. The first-order valence-electron chi connectivity index (χ1n) is 6.80. The molecule has 0 amide bonds. The van der Waals surface area contributed by atoms with Gasteiger partial charge in [0.2, 0.25) is 0 Å². The van der Waals surface area contributed by atoms with Gasteiger partial charge in [0.05, 0.1) is 18.3 Å². The second-order valence-corrected chi connectivity index (χ2v) is 6.74. The summed E-state index contributed by atoms with van der Waals surface area (Å²) in [4.78, 5) is 2.37. The van der Waals surface area contributed by atoms with Crippen molar-refractivity contribution < 1.29 is 9.84 Å². The highest BCUT2D eigenvalue weighted by Gasteiger charge is 2.24. The Morgan fingerprint density at radius 2 is 1.76 bits per heavy atom. The van der Waals surface area contributed by atoms with Crippen LogP contribution in [0.15, 0.2) is 0 Å². The van der Waals surface area contributed by atoms with Gasteiger partial charge in [-0.25, -0.2) is 0 Å². The van der Waals surface area contributed by atoms with Crippen LogP contribution >= 0.6 is 0 Å². The van der Waals surface area contributed by atoms with Crippen molar-refractivity contribution in [3.8, 4) is 0 Å². The van der Waals surface area contributed by atoms with Crippen molar-refractivity contribution in [3.63, 3.8) is 0 Å². The summed E-state index contributed by atoms with van der Waals surface area (Å²) >= 11 is 0. The zero-order valence-corrected chi connectivity index (χ0v) is 12.1. The van der Waals surface area contributed by atoms with Crippen molar-refractivity contribution >= 4 is 0 Å². The van der Waals surface area contributed by atoms with Crippen LogP contribution in [0, 0.1) is 11.8 Å². The fraction of sp³-hybridized carbons (Fsp3) is 1.00. The van der Waals surface area contributed by atoms with Gasteiger partial charge in [-0.2, -0.15) is 0 Å². The molecule has 0 aromatic carbocycles. The lowest BCUT2D eigenvalue weighted by molar-refractivity contribution is -0.0596. The quantitative estimate of drug-likeness (QED) is 0.821. The topological polar surface area (TPSA) is 32.7 Å². The third kappa shape index (κ3) is 6.39. The maximum atomic E-state index is 9.97. The van der Waals surface area contributed by atoms with Crippen LogP contribution < -0.4 is 0 Å². The van der Waals surface area contributed by atoms with Crippen LogP contribution in [0.2, 0.25) is 0 Å². The van der Waals surface area contributed by atoms with Crippen molar-refractivity contribution in [2.24, 2.45) is 11.8 Å². The molecule has 0 saturated carbocycles. The monoisotopic (exact) mass is 243 g/mol. The molecule has 0 aromatic heterocycles. The van der Waals surface area contributed by atoms with Gasteiger partial charge in [0.1, 0.15) is 0 Å². The molecule has 1 aliphatic heterocycles. The average molecular weight is 243 g/mol. The smallest absolute Gasteiger partial charge is 0.0900 e. The molecule has 1 saturated heterocycles. The molecule has 0 bridgehead atoms. The Bertz CT molecular complexity index is 215. The molecule has 3 atom stereocenters. The van der Waals surface area contributed by atoms with E-state index in [1.54, 1.807) is 0 Å². The lowest BCUT2D eigenvalue weighted by atomic mass is 9.92. The van der Waals surface area contributed by atoms with Crippen molar-refractivity contribution in [2.75, 3.05) is 26.2 Å². The minimum Gasteiger partial charge on any atom is -0.389 e. The molecule has 3 nitrogen and oxygen atoms in total. The number of ether oxygens (including phenoxy) is 1. The molecule has 1 heterocycles. The van der Waals surface area contributed by atoms with Crippen LogP contribution in [0.3, 0.4) is 0 Å². The molecule has 3 heteroatoms. The summed E-state index contributed by atoms with van der Waals surface area (Å²) in [6.07, 6.45) is 0.942. The van der Waals surface area contributed by atoms with E-state index in [-0.39, 0.29) is 11.7 Å². The first-order valence-corrected chi connectivity index (χ1v) is 6.80. The van der Waals surface area contributed by atoms with E-state index in [2.05, 4.69) is 18.7 Å². The highest BCUT2D eigenvalue weighted by Crippen LogP contribution is 2.21. The van der Waals surface area contributed by atoms with Gasteiger partial charge in [-0.15, -0.1) is 0 Å². The Morgan fingerprint density at radius 1 is 1.24 bits per heavy atom. The first kappa shape index (κ1) is 14.9. The minimum absolute atomic E-state index is 0.163. The molecule has 0 aliphatic carbocycles. The lowest BCUT2D eigenvalue weighted by Gasteiger charge is -2.36. The van der Waals surface area contributed by atoms with Gasteiger partial charge >= 0.3 is 0 Å². The van der Waals surface area contributed by atoms with E-state index in [0.29, 0.717) is 6.61 Å². The molecule has 1 N–H and O–H groups in total. The number of aliphatic hydroxyl groups is 1. The van der Waals surface area contributed by atoms with Gasteiger partial charge in [0.25, 0.3) is 0 Å². The molecule has 0 unspecified atom stereocenters. The van der Waals surface area contributed by atoms with E-state index in [1.165, 1.54) is 6.42 Å². The zero-order valence-electron chi connectivity index (χ0n) is 12.1. The number of nitrogens with zero attached hydrogens (tertiary/aromatic N) is 1. The Kier molecular flexibility index (Phi) is 5.42. The van der Waals surface area contributed by atoms with E-state index >= 15 is 0 Å². The van der Waals surface area contributed by atoms with Gasteiger partial charge in [-0.05, 0) is 39.0 Å². The highest BCUT2D eigenvalue weighted by atomic mass is 16.5. The average Bonchev–Trinajstić information content (AvgIpc) is 2.11. The van der Waals surface area contributed by atoms with Crippen LogP contribution in [0.4, 0.5) is 0 Å². The second-order valence-electron chi connectivity index (χ2n) is 6.74. The van der Waals surface area contributed by atoms with Gasteiger partial charge in [0, 0.05) is 19.6 Å². The summed E-state index contributed by atoms with van der Waals surface area (Å²) in [7, 11) is 0. The van der Waals surface area contributed by atoms with Gasteiger partial charge in [-0.3, -0.25) is 0 Å². The summed E-state index contributed by atoms with van der Waals surface area (Å²) < 4.78 is 5.61. The Hall–Kier alpha value is -0.120. The maximum absolute atomic E-state index is 9.97. The number of rotatable bonds is 4. The molecule has 1 rings (SSSR count). The van der Waals surface area contributed by atoms with Crippen molar-refractivity contribution in [3.05, 3.63) is 0 Å². The van der Waals surface area contributed by atoms with E-state index in [1.807, 2.05) is 20.8 Å². The molecule has 0 aromatic rings. The summed E-state index contributed by atoms with van der Waals surface area (Å²) in [5.74, 6) is 1.49. The largest absolute Gasteiger partial charge is 0.389 e. The van der Waals surface area contributed by atoms with Crippen LogP contribution in [0.25, 0.3) is 0 Å². The summed E-state index contributed by atoms with van der Waals surface area (Å²) in [5.41, 5.74) is -0.163. The molecule has 102 valence electrons. The molecule has 1 fully saturated rings. The molecular weight excluding hydrogens is 214 g/mol. The Labute approximate surface area is 106 Å². The zero-order chi connectivity index (χ0) is 13.1. The third-order valence-corrected chi connectivity index (χ3v) is 3.12. The van der Waals surface area contributed by atoms with Crippen LogP contribution in [0.1, 0.15) is 41.0 Å². The summed E-state index contributed by atoms with van der Waals surface area (Å²) in [5, 5.41) is 9.97. The number of β-amino-alcohol motifs (C(OH)–C–C–N with tert-alkyl or cyclic N) is 1. The first-order chi connectivity index (χ1) is 7.76. The molecule has 0 spiro atoms. The fourth-order valence-corrected chi connectivity index (χ4v) is 2.64. The standard InChI is InChI=1S/C14H29NO2/c1-11-6-12(2)8-15(7-11)9-13(16)10-17-14(3,4)5/h11-13,16H,6-10H2,1-5H3/t11-,12+,13-/m0/s1. The Balaban J connectivity index is 2.28. The molecule has 0 radical (unpaired) electrons. The van der Waals surface area contributed by atoms with Crippen molar-refractivity contribution in [1.29, 1.82) is 0 Å². The molecule has 1 aliphatic rings. The van der Waals surface area contributed by atoms with E-state index in [9.17, 15) is 5.11 Å². The van der Waals surface area contributed by atoms with E-state index in [4.69, 9.17) is 4.74 Å². The maximum Gasteiger partial charge on any atom is 0.0900 e. The number of hydrogen-bond donors (Lipinski definition) is 1. The van der Waals surface area contributed by atoms with E-state index < -0.39 is 0 Å². The number of piperidine rings is 1. The van der Waals surface area contributed by atoms with Crippen LogP contribution in [-0.2, 0) is 4.74 Å². The van der Waals surface area contributed by atoms with Crippen molar-refractivity contribution in [1.82, 2.24) is 4.90 Å². The van der Waals surface area contributed by atoms with Gasteiger partial charge in [0.15, 0.2) is 0 Å². The predicted molar refractivity (Wildman–Crippen MR) is 71.1 cm³/mol. The molecular formula is C14H29NO2. The van der Waals surface area contributed by atoms with E-state index in [0.717, 1.165) is 31.5 Å².